The molecule has 32 heavy (non-hydrogen) atoms. The molecule has 6 nitrogen and oxygen atoms in total. The third-order valence-electron chi connectivity index (χ3n) is 5.03. The van der Waals surface area contributed by atoms with Crippen molar-refractivity contribution in [3.63, 3.8) is 0 Å². The quantitative estimate of drug-likeness (QED) is 0.296. The van der Waals surface area contributed by atoms with Crippen LogP contribution in [0.5, 0.6) is 5.75 Å². The van der Waals surface area contributed by atoms with E-state index in [2.05, 4.69) is 41.4 Å². The van der Waals surface area contributed by atoms with Gasteiger partial charge < -0.3 is 9.47 Å². The SMILES string of the molecule is CCOC(=O)[C@H](Sc1nnc(COc2ccc(CC)cc2)n1Cc1ccccc1)C(C)C. The molecule has 0 aliphatic heterocycles. The lowest BCUT2D eigenvalue weighted by Crippen LogP contribution is -2.26. The molecule has 0 bridgehead atoms. The molecule has 0 amide bonds. The van der Waals surface area contributed by atoms with Crippen molar-refractivity contribution < 1.29 is 14.3 Å². The van der Waals surface area contributed by atoms with Gasteiger partial charge in [0.05, 0.1) is 13.2 Å². The minimum absolute atomic E-state index is 0.0951. The molecule has 170 valence electrons. The van der Waals surface area contributed by atoms with Crippen molar-refractivity contribution in [2.24, 2.45) is 5.92 Å². The first-order valence-electron chi connectivity index (χ1n) is 11.0. The summed E-state index contributed by atoms with van der Waals surface area (Å²) in [5.74, 6) is 1.37. The largest absolute Gasteiger partial charge is 0.486 e. The van der Waals surface area contributed by atoms with Crippen molar-refractivity contribution >= 4 is 17.7 Å². The second-order valence-electron chi connectivity index (χ2n) is 7.79. The highest BCUT2D eigenvalue weighted by atomic mass is 32.2. The normalized spacial score (nSPS) is 12.0. The summed E-state index contributed by atoms with van der Waals surface area (Å²) in [6.07, 6.45) is 0.990. The van der Waals surface area contributed by atoms with Gasteiger partial charge in [-0.2, -0.15) is 0 Å². The second kappa shape index (κ2) is 11.7. The van der Waals surface area contributed by atoms with Gasteiger partial charge in [0.25, 0.3) is 0 Å². The van der Waals surface area contributed by atoms with Gasteiger partial charge in [0.2, 0.25) is 0 Å². The molecule has 0 unspecified atom stereocenters. The number of ether oxygens (including phenoxy) is 2. The van der Waals surface area contributed by atoms with E-state index < -0.39 is 0 Å². The van der Waals surface area contributed by atoms with Gasteiger partial charge in [0.15, 0.2) is 11.0 Å². The van der Waals surface area contributed by atoms with Crippen LogP contribution in [0.2, 0.25) is 0 Å². The molecule has 0 N–H and O–H groups in total. The number of hydrogen-bond acceptors (Lipinski definition) is 6. The Kier molecular flexibility index (Phi) is 8.73. The van der Waals surface area contributed by atoms with Gasteiger partial charge in [-0.15, -0.1) is 10.2 Å². The smallest absolute Gasteiger partial charge is 0.319 e. The average Bonchev–Trinajstić information content (AvgIpc) is 3.18. The monoisotopic (exact) mass is 453 g/mol. The molecular weight excluding hydrogens is 422 g/mol. The van der Waals surface area contributed by atoms with E-state index in [-0.39, 0.29) is 23.7 Å². The number of benzene rings is 2. The fourth-order valence-corrected chi connectivity index (χ4v) is 4.25. The van der Waals surface area contributed by atoms with Crippen LogP contribution in [0.1, 0.15) is 44.6 Å². The summed E-state index contributed by atoms with van der Waals surface area (Å²) in [7, 11) is 0. The maximum Gasteiger partial charge on any atom is 0.319 e. The Balaban J connectivity index is 1.84. The minimum atomic E-state index is -0.357. The molecular formula is C25H31N3O3S. The summed E-state index contributed by atoms with van der Waals surface area (Å²) < 4.78 is 13.3. The highest BCUT2D eigenvalue weighted by Crippen LogP contribution is 2.29. The fraction of sp³-hybridized carbons (Fsp3) is 0.400. The van der Waals surface area contributed by atoms with Crippen LogP contribution < -0.4 is 4.74 Å². The van der Waals surface area contributed by atoms with Crippen LogP contribution in [0.3, 0.4) is 0 Å². The number of hydrogen-bond donors (Lipinski definition) is 0. The summed E-state index contributed by atoms with van der Waals surface area (Å²) in [6, 6.07) is 18.2. The number of carbonyl (C=O) groups is 1. The van der Waals surface area contributed by atoms with Gasteiger partial charge >= 0.3 is 5.97 Å². The molecule has 3 rings (SSSR count). The molecule has 1 atom stereocenters. The maximum atomic E-state index is 12.5. The lowest BCUT2D eigenvalue weighted by molar-refractivity contribution is -0.143. The molecule has 0 spiro atoms. The molecule has 2 aromatic carbocycles. The van der Waals surface area contributed by atoms with Crippen molar-refractivity contribution in [1.82, 2.24) is 14.8 Å². The van der Waals surface area contributed by atoms with Gasteiger partial charge in [-0.25, -0.2) is 0 Å². The Morgan fingerprint density at radius 3 is 2.34 bits per heavy atom. The number of rotatable bonds is 11. The Bertz CT molecular complexity index is 987. The molecule has 0 fully saturated rings. The number of aromatic nitrogens is 3. The number of aryl methyl sites for hydroxylation is 1. The lowest BCUT2D eigenvalue weighted by atomic mass is 10.1. The van der Waals surface area contributed by atoms with E-state index in [4.69, 9.17) is 9.47 Å². The predicted molar refractivity (Wildman–Crippen MR) is 127 cm³/mol. The number of esters is 1. The van der Waals surface area contributed by atoms with E-state index in [9.17, 15) is 4.79 Å². The molecule has 0 saturated carbocycles. The van der Waals surface area contributed by atoms with Crippen LogP contribution >= 0.6 is 11.8 Å². The first-order valence-corrected chi connectivity index (χ1v) is 11.9. The number of nitrogens with zero attached hydrogens (tertiary/aromatic N) is 3. The van der Waals surface area contributed by atoms with E-state index in [0.29, 0.717) is 24.1 Å². The standard InChI is InChI=1S/C25H31N3O3S/c1-5-19-12-14-21(15-13-19)31-17-22-26-27-25(28(22)16-20-10-8-7-9-11-20)32-23(18(3)4)24(29)30-6-2/h7-15,18,23H,5-6,16-17H2,1-4H3/t23-/m1/s1. The average molecular weight is 454 g/mol. The molecule has 0 aliphatic carbocycles. The molecule has 7 heteroatoms. The zero-order chi connectivity index (χ0) is 22.9. The Morgan fingerprint density at radius 2 is 1.72 bits per heavy atom. The zero-order valence-corrected chi connectivity index (χ0v) is 20.0. The van der Waals surface area contributed by atoms with Crippen LogP contribution in [-0.4, -0.2) is 32.6 Å². The van der Waals surface area contributed by atoms with Crippen LogP contribution in [0.4, 0.5) is 0 Å². The molecule has 0 saturated heterocycles. The lowest BCUT2D eigenvalue weighted by Gasteiger charge is -2.19. The van der Waals surface area contributed by atoms with Crippen molar-refractivity contribution in [3.05, 3.63) is 71.5 Å². The molecule has 0 aliphatic rings. The van der Waals surface area contributed by atoms with Gasteiger partial charge in [-0.05, 0) is 42.5 Å². The Labute approximate surface area is 194 Å². The molecule has 0 radical (unpaired) electrons. The summed E-state index contributed by atoms with van der Waals surface area (Å²) in [5, 5.41) is 9.12. The van der Waals surface area contributed by atoms with E-state index in [1.165, 1.54) is 17.3 Å². The van der Waals surface area contributed by atoms with Gasteiger partial charge in [0, 0.05) is 0 Å². The van der Waals surface area contributed by atoms with Crippen molar-refractivity contribution in [2.75, 3.05) is 6.61 Å². The van der Waals surface area contributed by atoms with Crippen LogP contribution in [-0.2, 0) is 29.1 Å². The first-order chi connectivity index (χ1) is 15.5. The second-order valence-corrected chi connectivity index (χ2v) is 8.90. The Hall–Kier alpha value is -2.80. The molecule has 3 aromatic rings. The molecule has 1 aromatic heterocycles. The third-order valence-corrected chi connectivity index (χ3v) is 6.54. The Morgan fingerprint density at radius 1 is 1.00 bits per heavy atom. The van der Waals surface area contributed by atoms with E-state index in [0.717, 1.165) is 17.7 Å². The van der Waals surface area contributed by atoms with E-state index >= 15 is 0 Å². The molecule has 1 heterocycles. The van der Waals surface area contributed by atoms with Crippen LogP contribution in [0.15, 0.2) is 59.8 Å². The van der Waals surface area contributed by atoms with Crippen LogP contribution in [0.25, 0.3) is 0 Å². The highest BCUT2D eigenvalue weighted by molar-refractivity contribution is 8.00. The summed E-state index contributed by atoms with van der Waals surface area (Å²) >= 11 is 1.40. The zero-order valence-electron chi connectivity index (χ0n) is 19.2. The summed E-state index contributed by atoms with van der Waals surface area (Å²) in [5.41, 5.74) is 2.39. The van der Waals surface area contributed by atoms with Crippen LogP contribution in [0, 0.1) is 5.92 Å². The fourth-order valence-electron chi connectivity index (χ4n) is 3.20. The minimum Gasteiger partial charge on any atom is -0.486 e. The van der Waals surface area contributed by atoms with Gasteiger partial charge in [0.1, 0.15) is 17.6 Å². The van der Waals surface area contributed by atoms with Crippen molar-refractivity contribution in [2.45, 2.75) is 57.7 Å². The number of thioether (sulfide) groups is 1. The summed E-state index contributed by atoms with van der Waals surface area (Å²) in [6.45, 7) is 9.21. The van der Waals surface area contributed by atoms with E-state index in [1.807, 2.05) is 55.7 Å². The van der Waals surface area contributed by atoms with Crippen molar-refractivity contribution in [1.29, 1.82) is 0 Å². The predicted octanol–water partition coefficient (Wildman–Crippen LogP) is 5.15. The van der Waals surface area contributed by atoms with Gasteiger partial charge in [-0.1, -0.05) is 75.0 Å². The highest BCUT2D eigenvalue weighted by Gasteiger charge is 2.28. The van der Waals surface area contributed by atoms with E-state index in [1.54, 1.807) is 0 Å². The topological polar surface area (TPSA) is 66.2 Å². The maximum absolute atomic E-state index is 12.5. The number of carbonyl (C=O) groups excluding carboxylic acids is 1. The third kappa shape index (κ3) is 6.36. The van der Waals surface area contributed by atoms with Gasteiger partial charge in [-0.3, -0.25) is 9.36 Å². The summed E-state index contributed by atoms with van der Waals surface area (Å²) in [4.78, 5) is 12.5. The first kappa shape index (κ1) is 23.9. The van der Waals surface area contributed by atoms with Crippen molar-refractivity contribution in [3.8, 4) is 5.75 Å².